The molecule has 1 saturated heterocycles. The van der Waals surface area contributed by atoms with Crippen LogP contribution in [-0.4, -0.2) is 60.3 Å². The van der Waals surface area contributed by atoms with Crippen molar-refractivity contribution in [3.63, 3.8) is 0 Å². The van der Waals surface area contributed by atoms with Gasteiger partial charge in [-0.1, -0.05) is 18.9 Å². The van der Waals surface area contributed by atoms with E-state index < -0.39 is 5.60 Å². The minimum absolute atomic E-state index is 0.0723. The van der Waals surface area contributed by atoms with Crippen LogP contribution in [0.5, 0.6) is 0 Å². The molecule has 0 aromatic carbocycles. The number of carbonyl (C=O) groups excluding carboxylic acids is 2. The van der Waals surface area contributed by atoms with Gasteiger partial charge in [0.05, 0.1) is 11.0 Å². The summed E-state index contributed by atoms with van der Waals surface area (Å²) in [5.41, 5.74) is 2.36. The summed E-state index contributed by atoms with van der Waals surface area (Å²) in [5.74, 6) is 3.56. The number of nitrogens with zero attached hydrogens (tertiary/aromatic N) is 6. The van der Waals surface area contributed by atoms with Crippen molar-refractivity contribution in [2.24, 2.45) is 4.99 Å². The molecule has 1 amide bonds. The summed E-state index contributed by atoms with van der Waals surface area (Å²) in [4.78, 5) is 44.7. The minimum Gasteiger partial charge on any atom is -0.512 e. The second-order valence-corrected chi connectivity index (χ2v) is 12.1. The number of pyridine rings is 2. The Kier molecular flexibility index (Phi) is 7.95. The first-order chi connectivity index (χ1) is 19.6. The van der Waals surface area contributed by atoms with Gasteiger partial charge >= 0.3 is 6.09 Å². The molecule has 10 heteroatoms. The maximum absolute atomic E-state index is 12.4. The lowest BCUT2D eigenvalue weighted by Gasteiger charge is -2.33. The number of rotatable bonds is 3. The van der Waals surface area contributed by atoms with Crippen LogP contribution in [-0.2, 0) is 9.53 Å². The predicted molar refractivity (Wildman–Crippen MR) is 154 cm³/mol. The SMILES string of the molecule is CC(O)=c1c(C)c2cnc(=Nc3ccc(C4CCN(C(=O)OC(C)(C)C)CC4)cn3)nc-2n(C2CCCC2)c1=C=O. The Balaban J connectivity index is 1.43. The van der Waals surface area contributed by atoms with Crippen LogP contribution in [0.25, 0.3) is 17.1 Å². The molecule has 1 aromatic heterocycles. The molecule has 1 saturated carbocycles. The average Bonchev–Trinajstić information content (AvgIpc) is 3.46. The molecule has 5 rings (SSSR count). The molecule has 3 aliphatic heterocycles. The van der Waals surface area contributed by atoms with Gasteiger partial charge in [0.1, 0.15) is 16.8 Å². The van der Waals surface area contributed by atoms with E-state index in [2.05, 4.69) is 20.9 Å². The Morgan fingerprint density at radius 3 is 2.39 bits per heavy atom. The van der Waals surface area contributed by atoms with Crippen molar-refractivity contribution in [3.05, 3.63) is 51.8 Å². The number of likely N-dealkylation sites (tertiary alicyclic amines) is 1. The molecule has 2 fully saturated rings. The van der Waals surface area contributed by atoms with E-state index in [-0.39, 0.29) is 23.5 Å². The van der Waals surface area contributed by atoms with Crippen LogP contribution in [0.2, 0.25) is 0 Å². The van der Waals surface area contributed by atoms with Gasteiger partial charge in [0, 0.05) is 37.1 Å². The zero-order chi connectivity index (χ0) is 29.3. The molecule has 1 N–H and O–H groups in total. The molecule has 0 atom stereocenters. The number of carbonyl (C=O) groups is 1. The number of ether oxygens (including phenoxy) is 1. The second kappa shape index (κ2) is 11.4. The average molecular weight is 559 g/mol. The van der Waals surface area contributed by atoms with Gasteiger partial charge in [-0.25, -0.2) is 19.6 Å². The molecule has 0 bridgehead atoms. The first kappa shape index (κ1) is 28.5. The molecule has 0 unspecified atom stereocenters. The highest BCUT2D eigenvalue weighted by molar-refractivity contribution is 5.68. The summed E-state index contributed by atoms with van der Waals surface area (Å²) in [6.07, 6.45) is 8.96. The zero-order valence-corrected chi connectivity index (χ0v) is 24.5. The monoisotopic (exact) mass is 558 g/mol. The largest absolute Gasteiger partial charge is 0.512 e. The summed E-state index contributed by atoms with van der Waals surface area (Å²) in [7, 11) is 0. The molecular formula is C31H38N6O4. The van der Waals surface area contributed by atoms with Gasteiger partial charge in [-0.3, -0.25) is 0 Å². The van der Waals surface area contributed by atoms with Crippen LogP contribution in [0.1, 0.15) is 89.3 Å². The van der Waals surface area contributed by atoms with Crippen LogP contribution in [0.4, 0.5) is 10.6 Å². The number of hydrogen-bond acceptors (Lipinski definition) is 8. The topological polar surface area (TPSA) is 123 Å². The molecule has 4 heterocycles. The molecular weight excluding hydrogens is 520 g/mol. The molecule has 1 aromatic rings. The number of amides is 1. The van der Waals surface area contributed by atoms with Crippen LogP contribution >= 0.6 is 0 Å². The summed E-state index contributed by atoms with van der Waals surface area (Å²) in [6.45, 7) is 10.4. The van der Waals surface area contributed by atoms with Gasteiger partial charge in [0.15, 0.2) is 11.8 Å². The fraction of sp³-hybridized carbons (Fsp3) is 0.516. The Morgan fingerprint density at radius 2 is 1.80 bits per heavy atom. The smallest absolute Gasteiger partial charge is 0.410 e. The number of fused-ring (bicyclic) bond motifs is 1. The van der Waals surface area contributed by atoms with Crippen molar-refractivity contribution in [3.8, 4) is 11.4 Å². The van der Waals surface area contributed by atoms with Crippen molar-refractivity contribution in [1.29, 1.82) is 0 Å². The molecule has 216 valence electrons. The molecule has 41 heavy (non-hydrogen) atoms. The first-order valence-electron chi connectivity index (χ1n) is 14.4. The summed E-state index contributed by atoms with van der Waals surface area (Å²) in [5, 5.41) is 11.2. The fourth-order valence-electron chi connectivity index (χ4n) is 5.99. The summed E-state index contributed by atoms with van der Waals surface area (Å²) < 4.78 is 7.42. The Morgan fingerprint density at radius 1 is 1.10 bits per heavy atom. The number of aromatic nitrogens is 4. The van der Waals surface area contributed by atoms with Crippen LogP contribution < -0.4 is 16.2 Å². The Bertz CT molecular complexity index is 1610. The third-order valence-electron chi connectivity index (χ3n) is 7.99. The maximum atomic E-state index is 12.4. The van der Waals surface area contributed by atoms with Gasteiger partial charge in [-0.05, 0) is 83.4 Å². The van der Waals surface area contributed by atoms with E-state index in [1.54, 1.807) is 18.0 Å². The molecule has 0 spiro atoms. The molecule has 0 radical (unpaired) electrons. The van der Waals surface area contributed by atoms with Gasteiger partial charge in [-0.2, -0.15) is 9.98 Å². The first-order valence-corrected chi connectivity index (χ1v) is 14.4. The number of aliphatic hydroxyl groups is 1. The minimum atomic E-state index is -0.503. The number of hydrogen-bond donors (Lipinski definition) is 1. The standard InChI is InChI=1S/C31H38N6O4/c1-19-24-17-33-29(35-28(24)37(23-8-6-7-9-23)25(18-38)27(19)20(2)39)34-26-11-10-22(16-32-26)21-12-14-36(15-13-21)30(40)41-31(3,4)5/h10-11,16-17,21,23,39H,6-9,12-15H2,1-5H3. The van der Waals surface area contributed by atoms with E-state index in [1.807, 2.05) is 50.6 Å². The van der Waals surface area contributed by atoms with Gasteiger partial charge < -0.3 is 19.3 Å². The zero-order valence-electron chi connectivity index (χ0n) is 24.5. The van der Waals surface area contributed by atoms with Crippen molar-refractivity contribution in [2.45, 2.75) is 90.7 Å². The Hall–Kier alpha value is -4.04. The number of aliphatic hydroxyl groups excluding tert-OH is 1. The van der Waals surface area contributed by atoms with E-state index in [0.717, 1.165) is 55.2 Å². The summed E-state index contributed by atoms with van der Waals surface area (Å²) in [6, 6.07) is 3.97. The van der Waals surface area contributed by atoms with Gasteiger partial charge in [-0.15, -0.1) is 0 Å². The van der Waals surface area contributed by atoms with E-state index >= 15 is 0 Å². The van der Waals surface area contributed by atoms with Crippen molar-refractivity contribution >= 4 is 23.6 Å². The van der Waals surface area contributed by atoms with E-state index in [1.165, 1.54) is 0 Å². The summed E-state index contributed by atoms with van der Waals surface area (Å²) >= 11 is 0. The normalized spacial score (nSPS) is 18.1. The Labute approximate surface area is 239 Å². The van der Waals surface area contributed by atoms with Crippen LogP contribution in [0, 0.1) is 6.92 Å². The predicted octanol–water partition coefficient (Wildman–Crippen LogP) is 3.74. The van der Waals surface area contributed by atoms with E-state index in [0.29, 0.717) is 41.2 Å². The quantitative estimate of drug-likeness (QED) is 0.520. The van der Waals surface area contributed by atoms with Crippen molar-refractivity contribution < 1.29 is 19.4 Å². The van der Waals surface area contributed by atoms with E-state index in [4.69, 9.17) is 9.72 Å². The maximum Gasteiger partial charge on any atom is 0.410 e. The number of piperidine rings is 1. The lowest BCUT2D eigenvalue weighted by atomic mass is 9.91. The van der Waals surface area contributed by atoms with Gasteiger partial charge in [0.2, 0.25) is 0 Å². The third kappa shape index (κ3) is 6.03. The second-order valence-electron chi connectivity index (χ2n) is 12.1. The third-order valence-corrected chi connectivity index (χ3v) is 7.99. The van der Waals surface area contributed by atoms with E-state index in [9.17, 15) is 14.7 Å². The van der Waals surface area contributed by atoms with Crippen molar-refractivity contribution in [1.82, 2.24) is 24.4 Å². The lowest BCUT2D eigenvalue weighted by molar-refractivity contribution is 0.0205. The highest BCUT2D eigenvalue weighted by Crippen LogP contribution is 2.32. The van der Waals surface area contributed by atoms with Crippen LogP contribution in [0.15, 0.2) is 29.5 Å². The molecule has 4 aliphatic rings. The molecule has 1 aliphatic carbocycles. The molecule has 10 nitrogen and oxygen atoms in total. The fourth-order valence-corrected chi connectivity index (χ4v) is 5.99. The highest BCUT2D eigenvalue weighted by Gasteiger charge is 2.28. The van der Waals surface area contributed by atoms with Crippen molar-refractivity contribution in [2.75, 3.05) is 13.1 Å². The van der Waals surface area contributed by atoms with Crippen LogP contribution in [0.3, 0.4) is 0 Å². The highest BCUT2D eigenvalue weighted by atomic mass is 16.6. The lowest BCUT2D eigenvalue weighted by Crippen LogP contribution is -2.44. The van der Waals surface area contributed by atoms with Gasteiger partial charge in [0.25, 0.3) is 5.62 Å².